The number of fused-ring (bicyclic) bond motifs is 1. The summed E-state index contributed by atoms with van der Waals surface area (Å²) in [6, 6.07) is 2.80. The van der Waals surface area contributed by atoms with Crippen LogP contribution in [0.4, 0.5) is 0 Å². The number of ether oxygens (including phenoxy) is 1. The minimum atomic E-state index is -1.98. The van der Waals surface area contributed by atoms with Crippen molar-refractivity contribution >= 4 is 29.2 Å². The first-order valence-corrected chi connectivity index (χ1v) is 5.29. The SMILES string of the molecule is O=C(O)[C@]1(O)CCOc2c(Cl)cc(Cl)cc21. The number of aliphatic carboxylic acids is 1. The zero-order valence-electron chi connectivity index (χ0n) is 8.04. The van der Waals surface area contributed by atoms with Gasteiger partial charge < -0.3 is 14.9 Å². The minimum absolute atomic E-state index is 0.0357. The van der Waals surface area contributed by atoms with Crippen LogP contribution in [0.3, 0.4) is 0 Å². The first kappa shape index (κ1) is 11.5. The average Bonchev–Trinajstić information content (AvgIpc) is 2.19. The molecule has 0 fully saturated rings. The summed E-state index contributed by atoms with van der Waals surface area (Å²) < 4.78 is 5.24. The molecule has 1 aromatic carbocycles. The van der Waals surface area contributed by atoms with Crippen LogP contribution in [0.5, 0.6) is 5.75 Å². The number of halogens is 2. The van der Waals surface area contributed by atoms with Crippen molar-refractivity contribution in [2.75, 3.05) is 6.61 Å². The monoisotopic (exact) mass is 262 g/mol. The number of hydrogen-bond donors (Lipinski definition) is 2. The Morgan fingerprint density at radius 3 is 2.75 bits per heavy atom. The number of carboxylic acid groups (broad SMARTS) is 1. The van der Waals surface area contributed by atoms with Crippen LogP contribution >= 0.6 is 23.2 Å². The van der Waals surface area contributed by atoms with E-state index in [2.05, 4.69) is 0 Å². The molecule has 0 aromatic heterocycles. The van der Waals surface area contributed by atoms with E-state index in [0.29, 0.717) is 0 Å². The van der Waals surface area contributed by atoms with Crippen molar-refractivity contribution in [1.29, 1.82) is 0 Å². The maximum absolute atomic E-state index is 11.1. The molecular formula is C10H8Cl2O4. The number of benzene rings is 1. The molecule has 6 heteroatoms. The molecule has 4 nitrogen and oxygen atoms in total. The van der Waals surface area contributed by atoms with Crippen molar-refractivity contribution in [3.05, 3.63) is 27.7 Å². The predicted octanol–water partition coefficient (Wildman–Crippen LogP) is 2.05. The second kappa shape index (κ2) is 3.80. The molecule has 0 aliphatic carbocycles. The molecule has 0 amide bonds. The van der Waals surface area contributed by atoms with Crippen molar-refractivity contribution in [1.82, 2.24) is 0 Å². The van der Waals surface area contributed by atoms with E-state index in [-0.39, 0.29) is 34.4 Å². The molecule has 0 radical (unpaired) electrons. The third-order valence-corrected chi connectivity index (χ3v) is 3.02. The van der Waals surface area contributed by atoms with Gasteiger partial charge in [-0.25, -0.2) is 4.79 Å². The molecular weight excluding hydrogens is 255 g/mol. The summed E-state index contributed by atoms with van der Waals surface area (Å²) >= 11 is 11.6. The number of hydrogen-bond acceptors (Lipinski definition) is 3. The first-order chi connectivity index (χ1) is 7.45. The molecule has 2 N–H and O–H groups in total. The molecule has 0 unspecified atom stereocenters. The highest BCUT2D eigenvalue weighted by Gasteiger charge is 2.44. The van der Waals surface area contributed by atoms with Crippen LogP contribution in [-0.2, 0) is 10.4 Å². The van der Waals surface area contributed by atoms with Gasteiger partial charge in [0.25, 0.3) is 0 Å². The second-order valence-corrected chi connectivity index (χ2v) is 4.37. The number of aliphatic hydroxyl groups is 1. The van der Waals surface area contributed by atoms with Crippen LogP contribution in [0.25, 0.3) is 0 Å². The molecule has 1 atom stereocenters. The van der Waals surface area contributed by atoms with E-state index >= 15 is 0 Å². The average molecular weight is 263 g/mol. The highest BCUT2D eigenvalue weighted by atomic mass is 35.5. The molecule has 1 aromatic rings. The van der Waals surface area contributed by atoms with E-state index in [1.165, 1.54) is 12.1 Å². The van der Waals surface area contributed by atoms with Crippen LogP contribution in [0.15, 0.2) is 12.1 Å². The Morgan fingerprint density at radius 1 is 1.44 bits per heavy atom. The Morgan fingerprint density at radius 2 is 2.12 bits per heavy atom. The highest BCUT2D eigenvalue weighted by molar-refractivity contribution is 6.35. The Kier molecular flexibility index (Phi) is 2.74. The molecule has 1 aliphatic heterocycles. The maximum atomic E-state index is 11.1. The molecule has 0 saturated carbocycles. The summed E-state index contributed by atoms with van der Waals surface area (Å²) in [7, 11) is 0. The number of carbonyl (C=O) groups is 1. The van der Waals surface area contributed by atoms with Gasteiger partial charge >= 0.3 is 5.97 Å². The van der Waals surface area contributed by atoms with Gasteiger partial charge in [-0.05, 0) is 12.1 Å². The van der Waals surface area contributed by atoms with E-state index in [0.717, 1.165) is 0 Å². The van der Waals surface area contributed by atoms with E-state index in [1.54, 1.807) is 0 Å². The van der Waals surface area contributed by atoms with E-state index in [9.17, 15) is 9.90 Å². The number of carboxylic acids is 1. The van der Waals surface area contributed by atoms with Gasteiger partial charge in [-0.15, -0.1) is 0 Å². The highest BCUT2D eigenvalue weighted by Crippen LogP contribution is 2.43. The van der Waals surface area contributed by atoms with Gasteiger partial charge in [0, 0.05) is 17.0 Å². The Bertz CT molecular complexity index is 460. The lowest BCUT2D eigenvalue weighted by Gasteiger charge is -2.31. The quantitative estimate of drug-likeness (QED) is 0.813. The molecule has 86 valence electrons. The second-order valence-electron chi connectivity index (χ2n) is 3.53. The summed E-state index contributed by atoms with van der Waals surface area (Å²) in [6.07, 6.45) is -0.0357. The lowest BCUT2D eigenvalue weighted by atomic mass is 9.88. The number of rotatable bonds is 1. The van der Waals surface area contributed by atoms with Crippen molar-refractivity contribution in [2.24, 2.45) is 0 Å². The van der Waals surface area contributed by atoms with Crippen molar-refractivity contribution in [3.63, 3.8) is 0 Å². The molecule has 0 saturated heterocycles. The summed E-state index contributed by atoms with van der Waals surface area (Å²) in [6.45, 7) is 0.0944. The third kappa shape index (κ3) is 1.63. The van der Waals surface area contributed by atoms with Crippen LogP contribution in [0.2, 0.25) is 10.0 Å². The first-order valence-electron chi connectivity index (χ1n) is 4.53. The van der Waals surface area contributed by atoms with Gasteiger partial charge in [0.1, 0.15) is 5.75 Å². The molecule has 2 rings (SSSR count). The van der Waals surface area contributed by atoms with Crippen molar-refractivity contribution < 1.29 is 19.7 Å². The molecule has 16 heavy (non-hydrogen) atoms. The summed E-state index contributed by atoms with van der Waals surface area (Å²) in [5.74, 6) is -1.15. The largest absolute Gasteiger partial charge is 0.491 e. The fourth-order valence-electron chi connectivity index (χ4n) is 1.67. The normalized spacial score (nSPS) is 23.4. The molecule has 0 spiro atoms. The van der Waals surface area contributed by atoms with E-state index in [4.69, 9.17) is 33.0 Å². The summed E-state index contributed by atoms with van der Waals surface area (Å²) in [4.78, 5) is 11.1. The topological polar surface area (TPSA) is 66.8 Å². The zero-order chi connectivity index (χ0) is 11.9. The van der Waals surface area contributed by atoms with Crippen molar-refractivity contribution in [2.45, 2.75) is 12.0 Å². The van der Waals surface area contributed by atoms with Gasteiger partial charge in [-0.2, -0.15) is 0 Å². The van der Waals surface area contributed by atoms with E-state index in [1.807, 2.05) is 0 Å². The summed E-state index contributed by atoms with van der Waals surface area (Å²) in [5, 5.41) is 19.5. The van der Waals surface area contributed by atoms with Crippen LogP contribution < -0.4 is 4.74 Å². The van der Waals surface area contributed by atoms with Gasteiger partial charge in [0.2, 0.25) is 0 Å². The third-order valence-electron chi connectivity index (χ3n) is 2.52. The lowest BCUT2D eigenvalue weighted by Crippen LogP contribution is -2.40. The Hall–Kier alpha value is -0.970. The van der Waals surface area contributed by atoms with Gasteiger partial charge in [0.15, 0.2) is 5.60 Å². The van der Waals surface area contributed by atoms with Crippen LogP contribution in [-0.4, -0.2) is 22.8 Å². The fraction of sp³-hybridized carbons (Fsp3) is 0.300. The van der Waals surface area contributed by atoms with Crippen molar-refractivity contribution in [3.8, 4) is 5.75 Å². The molecule has 1 heterocycles. The standard InChI is InChI=1S/C10H8Cl2O4/c11-5-3-6-8(7(12)4-5)16-2-1-10(6,15)9(13)14/h3-4,15H,1-2H2,(H,13,14)/t10-/m0/s1. The fourth-order valence-corrected chi connectivity index (χ4v) is 2.22. The summed E-state index contributed by atoms with van der Waals surface area (Å²) in [5.41, 5.74) is -1.88. The lowest BCUT2D eigenvalue weighted by molar-refractivity contribution is -0.162. The maximum Gasteiger partial charge on any atom is 0.340 e. The van der Waals surface area contributed by atoms with Gasteiger partial charge in [-0.3, -0.25) is 0 Å². The minimum Gasteiger partial charge on any atom is -0.491 e. The van der Waals surface area contributed by atoms with Crippen LogP contribution in [0.1, 0.15) is 12.0 Å². The smallest absolute Gasteiger partial charge is 0.340 e. The molecule has 0 bridgehead atoms. The van der Waals surface area contributed by atoms with Gasteiger partial charge in [-0.1, -0.05) is 23.2 Å². The molecule has 1 aliphatic rings. The van der Waals surface area contributed by atoms with Gasteiger partial charge in [0.05, 0.1) is 11.6 Å². The predicted molar refractivity (Wildman–Crippen MR) is 58.1 cm³/mol. The van der Waals surface area contributed by atoms with E-state index < -0.39 is 11.6 Å². The van der Waals surface area contributed by atoms with Crippen LogP contribution in [0, 0.1) is 0 Å². The Balaban J connectivity index is 2.67. The zero-order valence-corrected chi connectivity index (χ0v) is 9.55. The Labute approximate surface area is 101 Å².